The van der Waals surface area contributed by atoms with Crippen LogP contribution in [0.25, 0.3) is 5.69 Å². The quantitative estimate of drug-likeness (QED) is 0.678. The minimum atomic E-state index is -3.84. The Hall–Kier alpha value is -2.80. The zero-order valence-corrected chi connectivity index (χ0v) is 16.7. The molecule has 142 valence electrons. The van der Waals surface area contributed by atoms with Gasteiger partial charge in [0, 0.05) is 13.6 Å². The zero-order chi connectivity index (χ0) is 19.8. The Morgan fingerprint density at radius 1 is 0.963 bits per heavy atom. The number of hydrogen-bond donors (Lipinski definition) is 0. The third kappa shape index (κ3) is 3.19. The van der Waals surface area contributed by atoms with Crippen LogP contribution >= 0.6 is 0 Å². The lowest BCUT2D eigenvalue weighted by atomic mass is 10.2. The van der Waals surface area contributed by atoms with E-state index in [2.05, 4.69) is 0 Å². The summed E-state index contributed by atoms with van der Waals surface area (Å²) in [5.74, 6) is 0. The van der Waals surface area contributed by atoms with E-state index in [1.165, 1.54) is 8.99 Å². The van der Waals surface area contributed by atoms with Gasteiger partial charge >= 0.3 is 0 Å². The normalized spacial score (nSPS) is 11.6. The van der Waals surface area contributed by atoms with Crippen LogP contribution in [0.15, 0.2) is 64.3 Å². The predicted molar refractivity (Wildman–Crippen MR) is 107 cm³/mol. The fraction of sp³-hybridized carbons (Fsp3) is 0.250. The van der Waals surface area contributed by atoms with E-state index in [-0.39, 0.29) is 22.7 Å². The highest BCUT2D eigenvalue weighted by molar-refractivity contribution is 7.92. The molecule has 0 atom stereocenters. The lowest BCUT2D eigenvalue weighted by Gasteiger charge is -2.21. The average molecular weight is 385 g/mol. The van der Waals surface area contributed by atoms with Gasteiger partial charge in [0.15, 0.2) is 0 Å². The second-order valence-corrected chi connectivity index (χ2v) is 8.26. The molecule has 0 aliphatic heterocycles. The SMILES string of the molecule is CCN(c1c(C)n(C)n(-c2ccccc2)c1=O)S(=O)(=O)c1ccc(C)cc1. The van der Waals surface area contributed by atoms with Crippen LogP contribution in [0.3, 0.4) is 0 Å². The number of anilines is 1. The van der Waals surface area contributed by atoms with Crippen LogP contribution in [0.5, 0.6) is 0 Å². The standard InChI is InChI=1S/C20H23N3O3S/c1-5-22(27(25,26)18-13-11-15(2)12-14-18)19-16(3)21(4)23(20(19)24)17-9-7-6-8-10-17/h6-14H,5H2,1-4H3. The molecule has 0 bridgehead atoms. The maximum absolute atomic E-state index is 13.2. The minimum Gasteiger partial charge on any atom is -0.283 e. The summed E-state index contributed by atoms with van der Waals surface area (Å²) in [6.45, 7) is 5.53. The first-order valence-electron chi connectivity index (χ1n) is 8.72. The van der Waals surface area contributed by atoms with E-state index in [1.807, 2.05) is 37.3 Å². The second kappa shape index (κ2) is 7.08. The molecule has 0 amide bonds. The van der Waals surface area contributed by atoms with Crippen LogP contribution in [0.4, 0.5) is 5.69 Å². The molecule has 0 fully saturated rings. The van der Waals surface area contributed by atoms with E-state index in [9.17, 15) is 13.2 Å². The van der Waals surface area contributed by atoms with Crippen LogP contribution in [0.1, 0.15) is 18.2 Å². The summed E-state index contributed by atoms with van der Waals surface area (Å²) in [6, 6.07) is 15.8. The van der Waals surface area contributed by atoms with Crippen molar-refractivity contribution < 1.29 is 8.42 Å². The maximum Gasteiger partial charge on any atom is 0.296 e. The number of aromatic nitrogens is 2. The number of sulfonamides is 1. The number of benzene rings is 2. The molecule has 7 heteroatoms. The van der Waals surface area contributed by atoms with Crippen molar-refractivity contribution >= 4 is 15.7 Å². The summed E-state index contributed by atoms with van der Waals surface area (Å²) in [7, 11) is -2.10. The zero-order valence-electron chi connectivity index (χ0n) is 15.9. The topological polar surface area (TPSA) is 64.3 Å². The molecule has 2 aromatic carbocycles. The van der Waals surface area contributed by atoms with Crippen LogP contribution in [0.2, 0.25) is 0 Å². The number of para-hydroxylation sites is 1. The maximum atomic E-state index is 13.2. The molecule has 0 radical (unpaired) electrons. The molecule has 0 saturated carbocycles. The molecule has 3 aromatic rings. The summed E-state index contributed by atoms with van der Waals surface area (Å²) in [5, 5.41) is 0. The molecule has 0 aliphatic rings. The van der Waals surface area contributed by atoms with Crippen LogP contribution < -0.4 is 9.86 Å². The summed E-state index contributed by atoms with van der Waals surface area (Å²) < 4.78 is 30.8. The fourth-order valence-electron chi connectivity index (χ4n) is 3.13. The van der Waals surface area contributed by atoms with E-state index in [1.54, 1.807) is 49.8 Å². The summed E-state index contributed by atoms with van der Waals surface area (Å²) in [4.78, 5) is 13.3. The molecule has 27 heavy (non-hydrogen) atoms. The van der Waals surface area contributed by atoms with E-state index >= 15 is 0 Å². The predicted octanol–water partition coefficient (Wildman–Crippen LogP) is 3.01. The second-order valence-electron chi connectivity index (χ2n) is 6.39. The van der Waals surface area contributed by atoms with Crippen molar-refractivity contribution in [1.82, 2.24) is 9.36 Å². The van der Waals surface area contributed by atoms with Gasteiger partial charge in [0.2, 0.25) is 0 Å². The average Bonchev–Trinajstić information content (AvgIpc) is 2.87. The lowest BCUT2D eigenvalue weighted by molar-refractivity contribution is 0.591. The Kier molecular flexibility index (Phi) is 4.97. The molecule has 0 spiro atoms. The fourth-order valence-corrected chi connectivity index (χ4v) is 4.65. The molecular weight excluding hydrogens is 362 g/mol. The van der Waals surface area contributed by atoms with E-state index in [0.717, 1.165) is 5.56 Å². The van der Waals surface area contributed by atoms with Crippen LogP contribution in [0, 0.1) is 13.8 Å². The van der Waals surface area contributed by atoms with Gasteiger partial charge in [0.1, 0.15) is 5.69 Å². The van der Waals surface area contributed by atoms with Crippen molar-refractivity contribution in [2.45, 2.75) is 25.7 Å². The van der Waals surface area contributed by atoms with E-state index in [4.69, 9.17) is 0 Å². The van der Waals surface area contributed by atoms with Gasteiger partial charge in [0.05, 0.1) is 16.3 Å². The Labute approximate surface area is 159 Å². The summed E-state index contributed by atoms with van der Waals surface area (Å²) in [5.41, 5.74) is 2.05. The highest BCUT2D eigenvalue weighted by Gasteiger charge is 2.30. The van der Waals surface area contributed by atoms with Gasteiger partial charge in [-0.3, -0.25) is 13.8 Å². The van der Waals surface area contributed by atoms with Crippen LogP contribution in [-0.4, -0.2) is 24.3 Å². The van der Waals surface area contributed by atoms with Crippen LogP contribution in [-0.2, 0) is 17.1 Å². The number of nitrogens with zero attached hydrogens (tertiary/aromatic N) is 3. The Morgan fingerprint density at radius 2 is 1.56 bits per heavy atom. The van der Waals surface area contributed by atoms with Gasteiger partial charge in [-0.1, -0.05) is 35.9 Å². The lowest BCUT2D eigenvalue weighted by Crippen LogP contribution is -2.35. The molecule has 0 saturated heterocycles. The molecular formula is C20H23N3O3S. The molecule has 1 heterocycles. The Balaban J connectivity index is 2.20. The Morgan fingerprint density at radius 3 is 2.11 bits per heavy atom. The highest BCUT2D eigenvalue weighted by atomic mass is 32.2. The van der Waals surface area contributed by atoms with E-state index < -0.39 is 10.0 Å². The molecule has 6 nitrogen and oxygen atoms in total. The molecule has 0 aliphatic carbocycles. The Bertz CT molecular complexity index is 1110. The van der Waals surface area contributed by atoms with Crippen molar-refractivity contribution in [1.29, 1.82) is 0 Å². The van der Waals surface area contributed by atoms with Gasteiger partial charge in [-0.25, -0.2) is 13.1 Å². The van der Waals surface area contributed by atoms with E-state index in [0.29, 0.717) is 11.4 Å². The third-order valence-electron chi connectivity index (χ3n) is 4.67. The number of hydrogen-bond acceptors (Lipinski definition) is 3. The van der Waals surface area contributed by atoms with Crippen molar-refractivity contribution in [3.8, 4) is 5.69 Å². The van der Waals surface area contributed by atoms with Gasteiger partial charge in [-0.05, 0) is 45.0 Å². The first kappa shape index (κ1) is 19.0. The van der Waals surface area contributed by atoms with Crippen molar-refractivity contribution in [2.24, 2.45) is 7.05 Å². The minimum absolute atomic E-state index is 0.158. The highest BCUT2D eigenvalue weighted by Crippen LogP contribution is 2.25. The van der Waals surface area contributed by atoms with Crippen molar-refractivity contribution in [2.75, 3.05) is 10.8 Å². The first-order valence-corrected chi connectivity index (χ1v) is 10.2. The van der Waals surface area contributed by atoms with Crippen molar-refractivity contribution in [3.05, 3.63) is 76.2 Å². The molecule has 1 aromatic heterocycles. The van der Waals surface area contributed by atoms with Gasteiger partial charge in [-0.2, -0.15) is 0 Å². The third-order valence-corrected chi connectivity index (χ3v) is 6.56. The molecule has 3 rings (SSSR count). The number of aryl methyl sites for hydroxylation is 1. The smallest absolute Gasteiger partial charge is 0.283 e. The van der Waals surface area contributed by atoms with Gasteiger partial charge < -0.3 is 0 Å². The monoisotopic (exact) mass is 385 g/mol. The van der Waals surface area contributed by atoms with Crippen molar-refractivity contribution in [3.63, 3.8) is 0 Å². The molecule has 0 unspecified atom stereocenters. The van der Waals surface area contributed by atoms with Gasteiger partial charge in [0.25, 0.3) is 15.6 Å². The first-order chi connectivity index (χ1) is 12.8. The largest absolute Gasteiger partial charge is 0.296 e. The summed E-state index contributed by atoms with van der Waals surface area (Å²) in [6.07, 6.45) is 0. The van der Waals surface area contributed by atoms with Gasteiger partial charge in [-0.15, -0.1) is 0 Å². The number of rotatable bonds is 5. The summed E-state index contributed by atoms with van der Waals surface area (Å²) >= 11 is 0. The molecule has 0 N–H and O–H groups in total.